The maximum absolute atomic E-state index is 13.1. The molecule has 0 bridgehead atoms. The number of hydrogen-bond donors (Lipinski definition) is 1. The van der Waals surface area contributed by atoms with Gasteiger partial charge in [-0.1, -0.05) is 26.0 Å². The molecule has 0 aliphatic carbocycles. The van der Waals surface area contributed by atoms with Crippen molar-refractivity contribution in [1.82, 2.24) is 19.1 Å². The first-order valence-electron chi connectivity index (χ1n) is 10.7. The standard InChI is InChI=1S/C22H31FN4O3S/c1-4-27(5-2)31(29,30)20-14-21(25(3)16-20)22(28)24-19-10-12-26(13-11-19)15-17-6-8-18(23)9-7-17/h6-9,14,16,19H,4-5,10-13,15H2,1-3H3,(H,24,28). The summed E-state index contributed by atoms with van der Waals surface area (Å²) >= 11 is 0. The molecule has 1 amide bonds. The van der Waals surface area contributed by atoms with Crippen LogP contribution in [0.15, 0.2) is 41.4 Å². The number of nitrogens with one attached hydrogen (secondary N) is 1. The number of sulfonamides is 1. The molecule has 9 heteroatoms. The highest BCUT2D eigenvalue weighted by Crippen LogP contribution is 2.20. The average molecular weight is 451 g/mol. The molecule has 0 spiro atoms. The Kier molecular flexibility index (Phi) is 7.51. The monoisotopic (exact) mass is 450 g/mol. The molecule has 0 saturated carbocycles. The topological polar surface area (TPSA) is 74.7 Å². The van der Waals surface area contributed by atoms with Gasteiger partial charge in [-0.15, -0.1) is 0 Å². The van der Waals surface area contributed by atoms with E-state index in [0.29, 0.717) is 18.8 Å². The third kappa shape index (κ3) is 5.53. The van der Waals surface area contributed by atoms with Crippen LogP contribution in [-0.2, 0) is 23.6 Å². The Bertz CT molecular complexity index is 992. The largest absolute Gasteiger partial charge is 0.348 e. The number of rotatable bonds is 8. The maximum atomic E-state index is 13.1. The summed E-state index contributed by atoms with van der Waals surface area (Å²) in [5.74, 6) is -0.501. The lowest BCUT2D eigenvalue weighted by molar-refractivity contribution is 0.0900. The maximum Gasteiger partial charge on any atom is 0.268 e. The van der Waals surface area contributed by atoms with Crippen molar-refractivity contribution in [2.45, 2.75) is 44.2 Å². The first-order valence-corrected chi connectivity index (χ1v) is 12.1. The first-order chi connectivity index (χ1) is 14.7. The van der Waals surface area contributed by atoms with Crippen LogP contribution in [0.3, 0.4) is 0 Å². The lowest BCUT2D eigenvalue weighted by Gasteiger charge is -2.32. The van der Waals surface area contributed by atoms with E-state index in [1.54, 1.807) is 37.6 Å². The Hall–Kier alpha value is -2.23. The van der Waals surface area contributed by atoms with Crippen molar-refractivity contribution in [2.24, 2.45) is 7.05 Å². The third-order valence-electron chi connectivity index (χ3n) is 5.80. The van der Waals surface area contributed by atoms with Crippen LogP contribution >= 0.6 is 0 Å². The van der Waals surface area contributed by atoms with Crippen LogP contribution in [0.4, 0.5) is 4.39 Å². The van der Waals surface area contributed by atoms with Gasteiger partial charge >= 0.3 is 0 Å². The summed E-state index contributed by atoms with van der Waals surface area (Å²) in [6, 6.07) is 8.01. The van der Waals surface area contributed by atoms with Gasteiger partial charge in [0, 0.05) is 52.0 Å². The zero-order chi connectivity index (χ0) is 22.6. The van der Waals surface area contributed by atoms with E-state index in [9.17, 15) is 17.6 Å². The molecule has 1 aromatic heterocycles. The summed E-state index contributed by atoms with van der Waals surface area (Å²) in [4.78, 5) is 15.2. The second kappa shape index (κ2) is 9.93. The van der Waals surface area contributed by atoms with E-state index in [0.717, 1.165) is 38.0 Å². The number of likely N-dealkylation sites (tertiary alicyclic amines) is 1. The highest BCUT2D eigenvalue weighted by molar-refractivity contribution is 7.89. The third-order valence-corrected chi connectivity index (χ3v) is 7.81. The molecular weight excluding hydrogens is 419 g/mol. The van der Waals surface area contributed by atoms with Gasteiger partial charge in [-0.3, -0.25) is 9.69 Å². The Morgan fingerprint density at radius 1 is 1.16 bits per heavy atom. The van der Waals surface area contributed by atoms with Crippen LogP contribution in [0, 0.1) is 5.82 Å². The number of aryl methyl sites for hydroxylation is 1. The van der Waals surface area contributed by atoms with Crippen molar-refractivity contribution < 1.29 is 17.6 Å². The van der Waals surface area contributed by atoms with Crippen molar-refractivity contribution in [3.05, 3.63) is 53.6 Å². The summed E-state index contributed by atoms with van der Waals surface area (Å²) in [5, 5.41) is 3.05. The first kappa shape index (κ1) is 23.4. The van der Waals surface area contributed by atoms with Crippen molar-refractivity contribution in [3.63, 3.8) is 0 Å². The lowest BCUT2D eigenvalue weighted by atomic mass is 10.0. The number of halogens is 1. The lowest BCUT2D eigenvalue weighted by Crippen LogP contribution is -2.44. The minimum Gasteiger partial charge on any atom is -0.348 e. The van der Waals surface area contributed by atoms with Gasteiger partial charge in [0.2, 0.25) is 10.0 Å². The Labute approximate surface area is 183 Å². The highest BCUT2D eigenvalue weighted by Gasteiger charge is 2.27. The summed E-state index contributed by atoms with van der Waals surface area (Å²) in [6.45, 7) is 6.76. The van der Waals surface area contributed by atoms with E-state index in [-0.39, 0.29) is 22.7 Å². The Balaban J connectivity index is 1.58. The van der Waals surface area contributed by atoms with Gasteiger partial charge < -0.3 is 9.88 Å². The molecule has 0 radical (unpaired) electrons. The fourth-order valence-corrected chi connectivity index (χ4v) is 5.49. The quantitative estimate of drug-likeness (QED) is 0.671. The molecule has 31 heavy (non-hydrogen) atoms. The molecule has 1 fully saturated rings. The van der Waals surface area contributed by atoms with Gasteiger partial charge in [-0.2, -0.15) is 4.31 Å². The molecular formula is C22H31FN4O3S. The van der Waals surface area contributed by atoms with Gasteiger partial charge in [0.1, 0.15) is 16.4 Å². The number of aromatic nitrogens is 1. The highest BCUT2D eigenvalue weighted by atomic mass is 32.2. The number of piperidine rings is 1. The normalized spacial score (nSPS) is 16.0. The summed E-state index contributed by atoms with van der Waals surface area (Å²) in [7, 11) is -1.92. The molecule has 170 valence electrons. The van der Waals surface area contributed by atoms with Crippen molar-refractivity contribution in [3.8, 4) is 0 Å². The van der Waals surface area contributed by atoms with E-state index < -0.39 is 10.0 Å². The van der Waals surface area contributed by atoms with Gasteiger partial charge in [0.05, 0.1) is 0 Å². The second-order valence-electron chi connectivity index (χ2n) is 7.91. The zero-order valence-electron chi connectivity index (χ0n) is 18.3. The van der Waals surface area contributed by atoms with E-state index in [1.165, 1.54) is 28.7 Å². The van der Waals surface area contributed by atoms with Crippen LogP contribution < -0.4 is 5.32 Å². The number of carbonyl (C=O) groups excluding carboxylic acids is 1. The molecule has 7 nitrogen and oxygen atoms in total. The molecule has 2 heterocycles. The van der Waals surface area contributed by atoms with Crippen LogP contribution in [0.25, 0.3) is 0 Å². The molecule has 3 rings (SSSR count). The molecule has 0 unspecified atom stereocenters. The number of hydrogen-bond acceptors (Lipinski definition) is 4. The molecule has 0 atom stereocenters. The minimum atomic E-state index is -3.61. The van der Waals surface area contributed by atoms with Gasteiger partial charge in [-0.05, 0) is 36.6 Å². The Morgan fingerprint density at radius 3 is 2.35 bits per heavy atom. The second-order valence-corrected chi connectivity index (χ2v) is 9.85. The molecule has 1 aliphatic heterocycles. The number of benzene rings is 1. The minimum absolute atomic E-state index is 0.0368. The fraction of sp³-hybridized carbons (Fsp3) is 0.500. The van der Waals surface area contributed by atoms with Gasteiger partial charge in [0.25, 0.3) is 5.91 Å². The predicted molar refractivity (Wildman–Crippen MR) is 118 cm³/mol. The number of amides is 1. The van der Waals surface area contributed by atoms with E-state index in [2.05, 4.69) is 10.2 Å². The van der Waals surface area contributed by atoms with E-state index >= 15 is 0 Å². The number of carbonyl (C=O) groups is 1. The molecule has 1 aromatic carbocycles. The summed E-state index contributed by atoms with van der Waals surface area (Å²) < 4.78 is 41.5. The van der Waals surface area contributed by atoms with Crippen molar-refractivity contribution in [2.75, 3.05) is 26.2 Å². The predicted octanol–water partition coefficient (Wildman–Crippen LogP) is 2.59. The van der Waals surface area contributed by atoms with Gasteiger partial charge in [0.15, 0.2) is 0 Å². The van der Waals surface area contributed by atoms with Crippen molar-refractivity contribution >= 4 is 15.9 Å². The average Bonchev–Trinajstić information content (AvgIpc) is 3.14. The van der Waals surface area contributed by atoms with Crippen molar-refractivity contribution in [1.29, 1.82) is 0 Å². The molecule has 1 N–H and O–H groups in total. The van der Waals surface area contributed by atoms with Crippen LogP contribution in [0.2, 0.25) is 0 Å². The van der Waals surface area contributed by atoms with E-state index in [4.69, 9.17) is 0 Å². The van der Waals surface area contributed by atoms with E-state index in [1.807, 2.05) is 0 Å². The summed E-state index contributed by atoms with van der Waals surface area (Å²) in [5.41, 5.74) is 1.40. The smallest absolute Gasteiger partial charge is 0.268 e. The van der Waals surface area contributed by atoms with Gasteiger partial charge in [-0.25, -0.2) is 12.8 Å². The zero-order valence-corrected chi connectivity index (χ0v) is 19.2. The van der Waals surface area contributed by atoms with Crippen LogP contribution in [0.1, 0.15) is 42.7 Å². The molecule has 1 aliphatic rings. The Morgan fingerprint density at radius 2 is 1.77 bits per heavy atom. The number of nitrogens with zero attached hydrogens (tertiary/aromatic N) is 3. The molecule has 2 aromatic rings. The van der Waals surface area contributed by atoms with Crippen LogP contribution in [0.5, 0.6) is 0 Å². The summed E-state index contributed by atoms with van der Waals surface area (Å²) in [6.07, 6.45) is 3.11. The fourth-order valence-electron chi connectivity index (χ4n) is 3.96. The van der Waals surface area contributed by atoms with Crippen LogP contribution in [-0.4, -0.2) is 60.3 Å². The molecule has 1 saturated heterocycles. The SMILES string of the molecule is CCN(CC)S(=O)(=O)c1cc(C(=O)NC2CCN(Cc3ccc(F)cc3)CC2)n(C)c1.